The number of hydrogen-bond donors (Lipinski definition) is 3. The van der Waals surface area contributed by atoms with E-state index in [2.05, 4.69) is 22.4 Å². The van der Waals surface area contributed by atoms with Gasteiger partial charge in [0.05, 0.1) is 17.1 Å². The lowest BCUT2D eigenvalue weighted by Gasteiger charge is -2.20. The van der Waals surface area contributed by atoms with Gasteiger partial charge in [-0.3, -0.25) is 5.10 Å². The molecule has 0 aromatic carbocycles. The summed E-state index contributed by atoms with van der Waals surface area (Å²) < 4.78 is 0. The van der Waals surface area contributed by atoms with Crippen molar-refractivity contribution in [1.29, 1.82) is 0 Å². The first-order chi connectivity index (χ1) is 7.22. The molecule has 0 radical (unpaired) electrons. The molecule has 1 aromatic rings. The van der Waals surface area contributed by atoms with Crippen LogP contribution < -0.4 is 11.1 Å². The molecule has 4 N–H and O–H groups in total. The Hall–Kier alpha value is -1.03. The molecule has 0 amide bonds. The first-order valence-electron chi connectivity index (χ1n) is 5.70. The first kappa shape index (κ1) is 10.5. The van der Waals surface area contributed by atoms with Crippen molar-refractivity contribution in [1.82, 2.24) is 10.2 Å². The van der Waals surface area contributed by atoms with Crippen LogP contribution in [0.5, 0.6) is 0 Å². The van der Waals surface area contributed by atoms with Crippen LogP contribution in [0.1, 0.15) is 30.7 Å². The van der Waals surface area contributed by atoms with E-state index in [9.17, 15) is 0 Å². The molecule has 0 bridgehead atoms. The van der Waals surface area contributed by atoms with Gasteiger partial charge in [-0.1, -0.05) is 6.42 Å². The topological polar surface area (TPSA) is 66.7 Å². The maximum Gasteiger partial charge on any atom is 0.0825 e. The van der Waals surface area contributed by atoms with E-state index in [4.69, 9.17) is 5.73 Å². The van der Waals surface area contributed by atoms with Gasteiger partial charge in [0.1, 0.15) is 0 Å². The molecule has 1 aliphatic rings. The average Bonchev–Trinajstić information content (AvgIpc) is 2.79. The Kier molecular flexibility index (Phi) is 2.95. The van der Waals surface area contributed by atoms with Gasteiger partial charge in [0.2, 0.25) is 0 Å². The van der Waals surface area contributed by atoms with Crippen molar-refractivity contribution in [3.8, 4) is 0 Å². The minimum Gasteiger partial charge on any atom is -0.379 e. The number of anilines is 1. The zero-order valence-electron chi connectivity index (χ0n) is 9.51. The van der Waals surface area contributed by atoms with Crippen molar-refractivity contribution in [3.05, 3.63) is 11.4 Å². The molecule has 4 heteroatoms. The van der Waals surface area contributed by atoms with Gasteiger partial charge >= 0.3 is 0 Å². The van der Waals surface area contributed by atoms with Gasteiger partial charge in [0.25, 0.3) is 0 Å². The monoisotopic (exact) mass is 208 g/mol. The number of nitrogens with one attached hydrogen (secondary N) is 2. The molecule has 1 heterocycles. The van der Waals surface area contributed by atoms with Crippen LogP contribution in [-0.4, -0.2) is 22.8 Å². The molecular formula is C11H20N4. The Morgan fingerprint density at radius 2 is 2.27 bits per heavy atom. The lowest BCUT2D eigenvalue weighted by molar-refractivity contribution is 0.516. The zero-order chi connectivity index (χ0) is 10.8. The Morgan fingerprint density at radius 1 is 1.47 bits per heavy atom. The van der Waals surface area contributed by atoms with Gasteiger partial charge in [-0.15, -0.1) is 0 Å². The van der Waals surface area contributed by atoms with E-state index >= 15 is 0 Å². The number of hydrogen-bond acceptors (Lipinski definition) is 3. The van der Waals surface area contributed by atoms with Gasteiger partial charge in [0, 0.05) is 6.04 Å². The summed E-state index contributed by atoms with van der Waals surface area (Å²) in [7, 11) is 0. The molecule has 1 aliphatic carbocycles. The molecular weight excluding hydrogens is 188 g/mol. The minimum absolute atomic E-state index is 0.532. The Bertz CT molecular complexity index is 312. The number of H-pyrrole nitrogens is 1. The summed E-state index contributed by atoms with van der Waals surface area (Å²) in [5.74, 6) is 0.624. The van der Waals surface area contributed by atoms with Gasteiger partial charge in [0.15, 0.2) is 0 Å². The Balaban J connectivity index is 2.08. The van der Waals surface area contributed by atoms with Crippen LogP contribution in [0.15, 0.2) is 0 Å². The lowest BCUT2D eigenvalue weighted by Crippen LogP contribution is -2.29. The summed E-state index contributed by atoms with van der Waals surface area (Å²) >= 11 is 0. The van der Waals surface area contributed by atoms with Crippen molar-refractivity contribution in [3.63, 3.8) is 0 Å². The van der Waals surface area contributed by atoms with Crippen LogP contribution in [-0.2, 0) is 0 Å². The van der Waals surface area contributed by atoms with Crippen molar-refractivity contribution in [2.75, 3.05) is 11.9 Å². The number of rotatable bonds is 3. The molecule has 2 atom stereocenters. The van der Waals surface area contributed by atoms with E-state index in [0.717, 1.165) is 17.9 Å². The lowest BCUT2D eigenvalue weighted by atomic mass is 10.0. The van der Waals surface area contributed by atoms with Crippen LogP contribution >= 0.6 is 0 Å². The fourth-order valence-electron chi connectivity index (χ4n) is 2.46. The summed E-state index contributed by atoms with van der Waals surface area (Å²) in [4.78, 5) is 0. The second-order valence-corrected chi connectivity index (χ2v) is 4.49. The summed E-state index contributed by atoms with van der Waals surface area (Å²) in [6, 6.07) is 0.532. The quantitative estimate of drug-likeness (QED) is 0.706. The molecule has 1 fully saturated rings. The standard InChI is InChI=1S/C11H20N4/c1-7-11(8(2)15-14-7)13-10-5-3-4-9(10)6-12/h9-10,13H,3-6,12H2,1-2H3,(H,14,15). The van der Waals surface area contributed by atoms with Gasteiger partial charge in [-0.2, -0.15) is 5.10 Å². The number of aromatic nitrogens is 2. The molecule has 2 unspecified atom stereocenters. The van der Waals surface area contributed by atoms with Gasteiger partial charge < -0.3 is 11.1 Å². The third kappa shape index (κ3) is 2.00. The highest BCUT2D eigenvalue weighted by molar-refractivity contribution is 5.52. The van der Waals surface area contributed by atoms with E-state index in [0.29, 0.717) is 12.0 Å². The van der Waals surface area contributed by atoms with Gasteiger partial charge in [-0.25, -0.2) is 0 Å². The predicted octanol–water partition coefficient (Wildman–Crippen LogP) is 1.57. The molecule has 4 nitrogen and oxygen atoms in total. The predicted molar refractivity (Wildman–Crippen MR) is 61.9 cm³/mol. The summed E-state index contributed by atoms with van der Waals surface area (Å²) in [5, 5.41) is 10.8. The highest BCUT2D eigenvalue weighted by atomic mass is 15.2. The molecule has 0 spiro atoms. The molecule has 1 saturated carbocycles. The molecule has 0 aliphatic heterocycles. The first-order valence-corrected chi connectivity index (χ1v) is 5.70. The van der Waals surface area contributed by atoms with E-state index in [-0.39, 0.29) is 0 Å². The second kappa shape index (κ2) is 4.23. The second-order valence-electron chi connectivity index (χ2n) is 4.49. The van der Waals surface area contributed by atoms with Gasteiger partial charge in [-0.05, 0) is 39.2 Å². The number of nitrogens with two attached hydrogens (primary N) is 1. The summed E-state index contributed by atoms with van der Waals surface area (Å²) in [6.45, 7) is 4.86. The summed E-state index contributed by atoms with van der Waals surface area (Å²) in [6.07, 6.45) is 3.77. The fourth-order valence-corrected chi connectivity index (χ4v) is 2.46. The van der Waals surface area contributed by atoms with Crippen LogP contribution in [0.25, 0.3) is 0 Å². The smallest absolute Gasteiger partial charge is 0.0825 e. The summed E-state index contributed by atoms with van der Waals surface area (Å²) in [5.41, 5.74) is 9.10. The number of nitrogens with zero attached hydrogens (tertiary/aromatic N) is 1. The van der Waals surface area contributed by atoms with Crippen molar-refractivity contribution < 1.29 is 0 Å². The van der Waals surface area contributed by atoms with E-state index < -0.39 is 0 Å². The maximum absolute atomic E-state index is 5.77. The molecule has 1 aromatic heterocycles. The zero-order valence-corrected chi connectivity index (χ0v) is 9.51. The fraction of sp³-hybridized carbons (Fsp3) is 0.727. The molecule has 84 valence electrons. The van der Waals surface area contributed by atoms with Crippen molar-refractivity contribution in [2.24, 2.45) is 11.7 Å². The Labute approximate surface area is 90.6 Å². The van der Waals surface area contributed by atoms with E-state index in [1.54, 1.807) is 0 Å². The third-order valence-corrected chi connectivity index (χ3v) is 3.42. The van der Waals surface area contributed by atoms with E-state index in [1.165, 1.54) is 24.9 Å². The molecule has 15 heavy (non-hydrogen) atoms. The van der Waals surface area contributed by atoms with Crippen LogP contribution in [0.3, 0.4) is 0 Å². The molecule has 0 saturated heterocycles. The Morgan fingerprint density at radius 3 is 2.87 bits per heavy atom. The highest BCUT2D eigenvalue weighted by Crippen LogP contribution is 2.29. The maximum atomic E-state index is 5.77. The highest BCUT2D eigenvalue weighted by Gasteiger charge is 2.26. The van der Waals surface area contributed by atoms with Crippen LogP contribution in [0.2, 0.25) is 0 Å². The van der Waals surface area contributed by atoms with Crippen LogP contribution in [0, 0.1) is 19.8 Å². The van der Waals surface area contributed by atoms with Crippen LogP contribution in [0.4, 0.5) is 5.69 Å². The van der Waals surface area contributed by atoms with E-state index in [1.807, 2.05) is 6.92 Å². The normalized spacial score (nSPS) is 25.8. The number of aromatic amines is 1. The van der Waals surface area contributed by atoms with Crippen molar-refractivity contribution in [2.45, 2.75) is 39.2 Å². The minimum atomic E-state index is 0.532. The molecule has 2 rings (SSSR count). The SMILES string of the molecule is Cc1n[nH]c(C)c1NC1CCCC1CN. The average molecular weight is 208 g/mol. The third-order valence-electron chi connectivity index (χ3n) is 3.42. The number of aryl methyl sites for hydroxylation is 2. The largest absolute Gasteiger partial charge is 0.379 e. The van der Waals surface area contributed by atoms with Crippen molar-refractivity contribution >= 4 is 5.69 Å².